The molecule has 226 valence electrons. The van der Waals surface area contributed by atoms with Gasteiger partial charge >= 0.3 is 5.69 Å². The van der Waals surface area contributed by atoms with E-state index in [1.54, 1.807) is 22.2 Å². The standard InChI is InChI=1S/C32H38FN7O3/c1-37-30-23(3-2-4-27(30)40(32(37)43)28-9-10-29(41)35-31(28)42)20-11-13-38(14-12-20)17-19-5-7-22(8-6-19)39-18-21-15-25(34)24(33)16-26(21)36-39/h2-4,15-16,18-20,22,28H,5-14,17,34H2,1H3,(H,35,41,42). The van der Waals surface area contributed by atoms with E-state index in [9.17, 15) is 18.8 Å². The molecule has 2 aromatic carbocycles. The van der Waals surface area contributed by atoms with Gasteiger partial charge in [-0.2, -0.15) is 5.10 Å². The molecule has 0 radical (unpaired) electrons. The van der Waals surface area contributed by atoms with Crippen molar-refractivity contribution in [3.63, 3.8) is 0 Å². The Labute approximate surface area is 248 Å². The number of nitrogens with one attached hydrogen (secondary N) is 1. The molecule has 3 aliphatic rings. The maximum absolute atomic E-state index is 13.9. The van der Waals surface area contributed by atoms with Gasteiger partial charge in [-0.1, -0.05) is 12.1 Å². The van der Waals surface area contributed by atoms with E-state index >= 15 is 0 Å². The van der Waals surface area contributed by atoms with Crippen LogP contribution in [0.4, 0.5) is 10.1 Å². The highest BCUT2D eigenvalue weighted by atomic mass is 19.1. The number of aromatic nitrogens is 4. The van der Waals surface area contributed by atoms with Crippen molar-refractivity contribution in [2.75, 3.05) is 25.4 Å². The third-order valence-corrected chi connectivity index (χ3v) is 10.0. The lowest BCUT2D eigenvalue weighted by Crippen LogP contribution is -2.44. The number of halogens is 1. The SMILES string of the molecule is Cn1c(=O)n(C2CCC(=O)NC2=O)c2cccc(C3CCN(CC4CCC(n5cc6cc(N)c(F)cc6n5)CC4)CC3)c21. The van der Waals surface area contributed by atoms with Gasteiger partial charge in [0.05, 0.1) is 28.3 Å². The van der Waals surface area contributed by atoms with Crippen LogP contribution in [-0.2, 0) is 16.6 Å². The van der Waals surface area contributed by atoms with Crippen molar-refractivity contribution in [1.82, 2.24) is 29.1 Å². The molecule has 11 heteroatoms. The highest BCUT2D eigenvalue weighted by molar-refractivity contribution is 6.00. The Morgan fingerprint density at radius 3 is 2.53 bits per heavy atom. The first-order chi connectivity index (χ1) is 20.8. The van der Waals surface area contributed by atoms with E-state index in [0.29, 0.717) is 29.8 Å². The molecule has 7 rings (SSSR count). The minimum absolute atomic E-state index is 0.158. The number of nitrogens with two attached hydrogens (primary N) is 1. The summed E-state index contributed by atoms with van der Waals surface area (Å²) in [6.45, 7) is 3.12. The first-order valence-electron chi connectivity index (χ1n) is 15.5. The van der Waals surface area contributed by atoms with Crippen LogP contribution in [0.15, 0.2) is 41.3 Å². The second-order valence-corrected chi connectivity index (χ2v) is 12.7. The summed E-state index contributed by atoms with van der Waals surface area (Å²) in [6, 6.07) is 8.77. The van der Waals surface area contributed by atoms with Gasteiger partial charge in [-0.15, -0.1) is 0 Å². The number of imide groups is 1. The Balaban J connectivity index is 0.985. The van der Waals surface area contributed by atoms with Gasteiger partial charge in [0.25, 0.3) is 0 Å². The van der Waals surface area contributed by atoms with E-state index in [1.807, 2.05) is 23.0 Å². The zero-order valence-electron chi connectivity index (χ0n) is 24.5. The number of benzene rings is 2. The molecule has 1 atom stereocenters. The van der Waals surface area contributed by atoms with Crippen LogP contribution < -0.4 is 16.7 Å². The van der Waals surface area contributed by atoms with Gasteiger partial charge in [0, 0.05) is 37.7 Å². The van der Waals surface area contributed by atoms with Crippen molar-refractivity contribution in [2.24, 2.45) is 13.0 Å². The summed E-state index contributed by atoms with van der Waals surface area (Å²) in [4.78, 5) is 40.2. The van der Waals surface area contributed by atoms with Gasteiger partial charge in [-0.05, 0) is 87.6 Å². The number of nitrogens with zero attached hydrogens (tertiary/aromatic N) is 5. The molecule has 10 nitrogen and oxygen atoms in total. The summed E-state index contributed by atoms with van der Waals surface area (Å²) in [5.74, 6) is -0.122. The summed E-state index contributed by atoms with van der Waals surface area (Å²) in [7, 11) is 1.78. The van der Waals surface area contributed by atoms with E-state index < -0.39 is 17.8 Å². The fourth-order valence-corrected chi connectivity index (χ4v) is 7.68. The molecule has 2 aliphatic heterocycles. The Morgan fingerprint density at radius 2 is 1.79 bits per heavy atom. The molecule has 3 N–H and O–H groups in total. The van der Waals surface area contributed by atoms with Gasteiger partial charge in [-0.3, -0.25) is 28.7 Å². The number of hydrogen-bond donors (Lipinski definition) is 2. The highest BCUT2D eigenvalue weighted by Crippen LogP contribution is 2.37. The largest absolute Gasteiger partial charge is 0.396 e. The minimum atomic E-state index is -0.671. The lowest BCUT2D eigenvalue weighted by Gasteiger charge is -2.37. The summed E-state index contributed by atoms with van der Waals surface area (Å²) >= 11 is 0. The number of amides is 2. The number of hydrogen-bond acceptors (Lipinski definition) is 6. The predicted octanol–water partition coefficient (Wildman–Crippen LogP) is 4.00. The topological polar surface area (TPSA) is 120 Å². The average molecular weight is 588 g/mol. The van der Waals surface area contributed by atoms with Gasteiger partial charge in [0.15, 0.2) is 0 Å². The number of carbonyl (C=O) groups is 2. The Hall–Kier alpha value is -3.99. The van der Waals surface area contributed by atoms with Crippen LogP contribution in [0.2, 0.25) is 0 Å². The molecule has 2 aromatic heterocycles. The van der Waals surface area contributed by atoms with E-state index in [1.165, 1.54) is 6.07 Å². The van der Waals surface area contributed by atoms with Crippen LogP contribution in [0.3, 0.4) is 0 Å². The molecule has 43 heavy (non-hydrogen) atoms. The number of imidazole rings is 1. The lowest BCUT2D eigenvalue weighted by molar-refractivity contribution is -0.135. The number of para-hydroxylation sites is 1. The molecular weight excluding hydrogens is 549 g/mol. The van der Waals surface area contributed by atoms with Gasteiger partial charge in [-0.25, -0.2) is 9.18 Å². The van der Waals surface area contributed by atoms with E-state index in [4.69, 9.17) is 5.73 Å². The summed E-state index contributed by atoms with van der Waals surface area (Å²) in [5.41, 5.74) is 9.15. The molecule has 2 saturated heterocycles. The van der Waals surface area contributed by atoms with Crippen molar-refractivity contribution in [3.8, 4) is 0 Å². The summed E-state index contributed by atoms with van der Waals surface area (Å²) in [5, 5.41) is 7.91. The average Bonchev–Trinajstić information content (AvgIpc) is 3.52. The molecule has 1 unspecified atom stereocenters. The van der Waals surface area contributed by atoms with Crippen LogP contribution >= 0.6 is 0 Å². The monoisotopic (exact) mass is 587 g/mol. The predicted molar refractivity (Wildman–Crippen MR) is 162 cm³/mol. The van der Waals surface area contributed by atoms with Crippen molar-refractivity contribution in [3.05, 3.63) is 58.4 Å². The molecule has 1 aliphatic carbocycles. The molecule has 3 fully saturated rings. The Bertz CT molecular complexity index is 1730. The molecular formula is C32H38FN7O3. The van der Waals surface area contributed by atoms with Crippen molar-refractivity contribution >= 4 is 39.4 Å². The van der Waals surface area contributed by atoms with Gasteiger partial charge < -0.3 is 10.6 Å². The lowest BCUT2D eigenvalue weighted by atomic mass is 9.84. The van der Waals surface area contributed by atoms with E-state index in [0.717, 1.165) is 80.1 Å². The number of carbonyl (C=O) groups excluding carboxylic acids is 2. The van der Waals surface area contributed by atoms with Crippen molar-refractivity contribution in [2.45, 2.75) is 69.4 Å². The van der Waals surface area contributed by atoms with Crippen LogP contribution in [0, 0.1) is 11.7 Å². The maximum Gasteiger partial charge on any atom is 0.329 e. The molecule has 1 saturated carbocycles. The normalized spacial score (nSPS) is 24.2. The smallest absolute Gasteiger partial charge is 0.329 e. The van der Waals surface area contributed by atoms with Crippen molar-refractivity contribution in [1.29, 1.82) is 0 Å². The van der Waals surface area contributed by atoms with E-state index in [2.05, 4.69) is 21.4 Å². The molecule has 4 aromatic rings. The number of likely N-dealkylation sites (tertiary alicyclic amines) is 1. The number of fused-ring (bicyclic) bond motifs is 2. The summed E-state index contributed by atoms with van der Waals surface area (Å²) in [6.07, 6.45) is 9.02. The van der Waals surface area contributed by atoms with Crippen LogP contribution in [0.1, 0.15) is 74.9 Å². The second-order valence-electron chi connectivity index (χ2n) is 12.7. The van der Waals surface area contributed by atoms with Crippen molar-refractivity contribution < 1.29 is 14.0 Å². The fraction of sp³-hybridized carbons (Fsp3) is 0.500. The van der Waals surface area contributed by atoms with Gasteiger partial charge in [0.2, 0.25) is 11.8 Å². The van der Waals surface area contributed by atoms with Crippen LogP contribution in [0.25, 0.3) is 21.9 Å². The second kappa shape index (κ2) is 10.9. The van der Waals surface area contributed by atoms with Crippen LogP contribution in [0.5, 0.6) is 0 Å². The number of rotatable bonds is 5. The fourth-order valence-electron chi connectivity index (χ4n) is 7.68. The third kappa shape index (κ3) is 5.03. The quantitative estimate of drug-likeness (QED) is 0.269. The zero-order valence-corrected chi connectivity index (χ0v) is 24.5. The number of piperidine rings is 2. The third-order valence-electron chi connectivity index (χ3n) is 10.0. The van der Waals surface area contributed by atoms with Gasteiger partial charge in [0.1, 0.15) is 11.9 Å². The molecule has 4 heterocycles. The highest BCUT2D eigenvalue weighted by Gasteiger charge is 2.33. The molecule has 0 bridgehead atoms. The summed E-state index contributed by atoms with van der Waals surface area (Å²) < 4.78 is 19.1. The van der Waals surface area contributed by atoms with Crippen LogP contribution in [-0.4, -0.2) is 55.3 Å². The molecule has 0 spiro atoms. The number of nitrogen functional groups attached to an aromatic ring is 1. The number of aryl methyl sites for hydroxylation is 1. The zero-order chi connectivity index (χ0) is 29.8. The number of anilines is 1. The first-order valence-corrected chi connectivity index (χ1v) is 15.5. The minimum Gasteiger partial charge on any atom is -0.396 e. The Morgan fingerprint density at radius 1 is 1.02 bits per heavy atom. The molecule has 2 amide bonds. The first kappa shape index (κ1) is 27.8. The Kier molecular flexibility index (Phi) is 7.07. The maximum atomic E-state index is 13.9. The van der Waals surface area contributed by atoms with E-state index in [-0.39, 0.29) is 23.7 Å².